The highest BCUT2D eigenvalue weighted by molar-refractivity contribution is 7.22. The number of fused-ring (bicyclic) bond motifs is 1. The lowest BCUT2D eigenvalue weighted by molar-refractivity contribution is -0.274. The standard InChI is InChI=1S/C20H13F3N4O3S2/c21-20(22,23)30-13-6-7-14-15(9-13)32-19(25-14)26-16(28)8-12-10-31-18(24-12)27-17(29)11-4-2-1-3-5-11/h1-7,9-10H,8H2,(H,24,27,29)(H,25,26,28). The molecule has 2 heterocycles. The zero-order valence-electron chi connectivity index (χ0n) is 16.0. The predicted octanol–water partition coefficient (Wildman–Crippen LogP) is 5.08. The maximum absolute atomic E-state index is 12.4. The molecule has 0 aliphatic heterocycles. The fourth-order valence-corrected chi connectivity index (χ4v) is 4.30. The van der Waals surface area contributed by atoms with E-state index in [2.05, 4.69) is 25.3 Å². The lowest BCUT2D eigenvalue weighted by Crippen LogP contribution is -2.16. The minimum atomic E-state index is -4.79. The summed E-state index contributed by atoms with van der Waals surface area (Å²) in [7, 11) is 0. The van der Waals surface area contributed by atoms with E-state index in [4.69, 9.17) is 0 Å². The largest absolute Gasteiger partial charge is 0.573 e. The molecule has 0 saturated heterocycles. The summed E-state index contributed by atoms with van der Waals surface area (Å²) in [4.78, 5) is 32.9. The van der Waals surface area contributed by atoms with Crippen LogP contribution in [0.3, 0.4) is 0 Å². The van der Waals surface area contributed by atoms with Crippen molar-refractivity contribution in [3.63, 3.8) is 0 Å². The van der Waals surface area contributed by atoms with Gasteiger partial charge in [0.25, 0.3) is 5.91 Å². The number of rotatable bonds is 6. The molecule has 0 saturated carbocycles. The summed E-state index contributed by atoms with van der Waals surface area (Å²) in [6, 6.07) is 12.4. The Balaban J connectivity index is 1.36. The maximum Gasteiger partial charge on any atom is 0.573 e. The Morgan fingerprint density at radius 3 is 2.53 bits per heavy atom. The molecule has 0 aliphatic rings. The number of thiazole rings is 2. The molecule has 0 atom stereocenters. The van der Waals surface area contributed by atoms with Gasteiger partial charge in [-0.05, 0) is 24.3 Å². The molecular formula is C20H13F3N4O3S2. The molecule has 0 aliphatic carbocycles. The number of ether oxygens (including phenoxy) is 1. The fraction of sp³-hybridized carbons (Fsp3) is 0.100. The number of carbonyl (C=O) groups is 2. The molecule has 12 heteroatoms. The molecule has 164 valence electrons. The first-order valence-corrected chi connectivity index (χ1v) is 10.7. The van der Waals surface area contributed by atoms with Gasteiger partial charge in [-0.2, -0.15) is 0 Å². The lowest BCUT2D eigenvalue weighted by atomic mass is 10.2. The number of benzene rings is 2. The Morgan fingerprint density at radius 2 is 1.78 bits per heavy atom. The van der Waals surface area contributed by atoms with Gasteiger partial charge in [-0.1, -0.05) is 29.5 Å². The third-order valence-corrected chi connectivity index (χ3v) is 5.73. The van der Waals surface area contributed by atoms with Crippen LogP contribution in [-0.4, -0.2) is 28.1 Å². The summed E-state index contributed by atoms with van der Waals surface area (Å²) in [5.41, 5.74) is 1.37. The van der Waals surface area contributed by atoms with Crippen molar-refractivity contribution in [2.75, 3.05) is 10.6 Å². The van der Waals surface area contributed by atoms with Crippen LogP contribution in [-0.2, 0) is 11.2 Å². The van der Waals surface area contributed by atoms with Crippen molar-refractivity contribution in [3.8, 4) is 5.75 Å². The predicted molar refractivity (Wildman–Crippen MR) is 115 cm³/mol. The summed E-state index contributed by atoms with van der Waals surface area (Å²) >= 11 is 2.21. The van der Waals surface area contributed by atoms with E-state index in [1.54, 1.807) is 35.7 Å². The zero-order chi connectivity index (χ0) is 22.7. The van der Waals surface area contributed by atoms with Crippen LogP contribution in [0, 0.1) is 0 Å². The zero-order valence-corrected chi connectivity index (χ0v) is 17.6. The number of alkyl halides is 3. The SMILES string of the molecule is O=C(Cc1csc(NC(=O)c2ccccc2)n1)Nc1nc2ccc(OC(F)(F)F)cc2s1. The van der Waals surface area contributed by atoms with Crippen molar-refractivity contribution >= 4 is 55.0 Å². The van der Waals surface area contributed by atoms with E-state index < -0.39 is 12.3 Å². The molecule has 0 radical (unpaired) electrons. The molecule has 4 aromatic rings. The Labute approximate surface area is 186 Å². The van der Waals surface area contributed by atoms with Gasteiger partial charge in [0.2, 0.25) is 5.91 Å². The van der Waals surface area contributed by atoms with Gasteiger partial charge in [-0.25, -0.2) is 9.97 Å². The molecule has 2 amide bonds. The highest BCUT2D eigenvalue weighted by Gasteiger charge is 2.31. The van der Waals surface area contributed by atoms with Crippen molar-refractivity contribution in [1.29, 1.82) is 0 Å². The average Bonchev–Trinajstić information content (AvgIpc) is 3.33. The number of aromatic nitrogens is 2. The topological polar surface area (TPSA) is 93.2 Å². The number of amides is 2. The smallest absolute Gasteiger partial charge is 0.406 e. The second kappa shape index (κ2) is 8.93. The van der Waals surface area contributed by atoms with Crippen molar-refractivity contribution in [2.24, 2.45) is 0 Å². The second-order valence-corrected chi connectivity index (χ2v) is 8.27. The highest BCUT2D eigenvalue weighted by Crippen LogP contribution is 2.31. The first-order chi connectivity index (χ1) is 15.2. The average molecular weight is 478 g/mol. The van der Waals surface area contributed by atoms with Crippen LogP contribution in [0.5, 0.6) is 5.75 Å². The molecular weight excluding hydrogens is 465 g/mol. The molecule has 0 unspecified atom stereocenters. The van der Waals surface area contributed by atoms with E-state index in [0.29, 0.717) is 26.6 Å². The fourth-order valence-electron chi connectivity index (χ4n) is 2.69. The van der Waals surface area contributed by atoms with Crippen LogP contribution in [0.2, 0.25) is 0 Å². The highest BCUT2D eigenvalue weighted by atomic mass is 32.1. The molecule has 0 spiro atoms. The number of halogens is 3. The number of nitrogens with zero attached hydrogens (tertiary/aromatic N) is 2. The third-order valence-electron chi connectivity index (χ3n) is 3.99. The first-order valence-electron chi connectivity index (χ1n) is 9.02. The molecule has 2 N–H and O–H groups in total. The molecule has 32 heavy (non-hydrogen) atoms. The normalized spacial score (nSPS) is 11.3. The maximum atomic E-state index is 12.4. The first kappa shape index (κ1) is 21.7. The Kier molecular flexibility index (Phi) is 6.06. The van der Waals surface area contributed by atoms with Gasteiger partial charge >= 0.3 is 6.36 Å². The number of hydrogen-bond acceptors (Lipinski definition) is 7. The van der Waals surface area contributed by atoms with Crippen LogP contribution in [0.15, 0.2) is 53.9 Å². The van der Waals surface area contributed by atoms with Gasteiger partial charge < -0.3 is 10.1 Å². The van der Waals surface area contributed by atoms with Crippen LogP contribution in [0.4, 0.5) is 23.4 Å². The van der Waals surface area contributed by atoms with E-state index >= 15 is 0 Å². The molecule has 0 fully saturated rings. The van der Waals surface area contributed by atoms with E-state index in [1.165, 1.54) is 23.5 Å². The van der Waals surface area contributed by atoms with Gasteiger partial charge in [0, 0.05) is 17.0 Å². The van der Waals surface area contributed by atoms with Gasteiger partial charge in [-0.15, -0.1) is 24.5 Å². The van der Waals surface area contributed by atoms with E-state index in [0.717, 1.165) is 17.4 Å². The van der Waals surface area contributed by atoms with Crippen LogP contribution in [0.25, 0.3) is 10.2 Å². The number of carbonyl (C=O) groups excluding carboxylic acids is 2. The van der Waals surface area contributed by atoms with Gasteiger partial charge in [0.1, 0.15) is 5.75 Å². The Bertz CT molecular complexity index is 1270. The lowest BCUT2D eigenvalue weighted by Gasteiger charge is -2.07. The van der Waals surface area contributed by atoms with Gasteiger partial charge in [0.15, 0.2) is 10.3 Å². The summed E-state index contributed by atoms with van der Waals surface area (Å²) in [5, 5.41) is 7.53. The number of hydrogen-bond donors (Lipinski definition) is 2. The quantitative estimate of drug-likeness (QED) is 0.403. The molecule has 4 rings (SSSR count). The summed E-state index contributed by atoms with van der Waals surface area (Å²) in [5.74, 6) is -1.07. The summed E-state index contributed by atoms with van der Waals surface area (Å²) < 4.78 is 41.4. The van der Waals surface area contributed by atoms with Crippen LogP contribution < -0.4 is 15.4 Å². The van der Waals surface area contributed by atoms with Crippen molar-refractivity contribution in [1.82, 2.24) is 9.97 Å². The van der Waals surface area contributed by atoms with E-state index in [-0.39, 0.29) is 23.2 Å². The molecule has 2 aromatic heterocycles. The van der Waals surface area contributed by atoms with Gasteiger partial charge in [0.05, 0.1) is 22.3 Å². The Hall–Kier alpha value is -3.51. The van der Waals surface area contributed by atoms with Crippen LogP contribution >= 0.6 is 22.7 Å². The van der Waals surface area contributed by atoms with Crippen LogP contribution in [0.1, 0.15) is 16.1 Å². The van der Waals surface area contributed by atoms with E-state index in [9.17, 15) is 22.8 Å². The van der Waals surface area contributed by atoms with Crippen molar-refractivity contribution in [3.05, 3.63) is 65.2 Å². The van der Waals surface area contributed by atoms with E-state index in [1.807, 2.05) is 0 Å². The summed E-state index contributed by atoms with van der Waals surface area (Å²) in [6.45, 7) is 0. The molecule has 7 nitrogen and oxygen atoms in total. The van der Waals surface area contributed by atoms with Crippen molar-refractivity contribution in [2.45, 2.75) is 12.8 Å². The summed E-state index contributed by atoms with van der Waals surface area (Å²) in [6.07, 6.45) is -4.85. The monoisotopic (exact) mass is 478 g/mol. The number of nitrogens with one attached hydrogen (secondary N) is 2. The minimum absolute atomic E-state index is 0.0595. The van der Waals surface area contributed by atoms with Gasteiger partial charge in [-0.3, -0.25) is 14.9 Å². The molecule has 2 aromatic carbocycles. The van der Waals surface area contributed by atoms with Crippen molar-refractivity contribution < 1.29 is 27.5 Å². The minimum Gasteiger partial charge on any atom is -0.406 e. The second-order valence-electron chi connectivity index (χ2n) is 6.39. The molecule has 0 bridgehead atoms. The number of anilines is 2. The third kappa shape index (κ3) is 5.59. The Morgan fingerprint density at radius 1 is 1.00 bits per heavy atom.